The predicted octanol–water partition coefficient (Wildman–Crippen LogP) is 7.35. The van der Waals surface area contributed by atoms with E-state index in [1.807, 2.05) is 66.9 Å². The maximum absolute atomic E-state index is 6.26. The largest absolute Gasteiger partial charge is 0.430 e. The van der Waals surface area contributed by atoms with E-state index in [-0.39, 0.29) is 0 Å². The van der Waals surface area contributed by atoms with Crippen LogP contribution in [-0.4, -0.2) is 24.3 Å². The lowest BCUT2D eigenvalue weighted by Gasteiger charge is -2.20. The summed E-state index contributed by atoms with van der Waals surface area (Å²) in [6.45, 7) is 3.98. The third-order valence-corrected chi connectivity index (χ3v) is 7.81. The number of aryl methyl sites for hydroxylation is 5. The Bertz CT molecular complexity index is 2060. The van der Waals surface area contributed by atoms with Crippen LogP contribution >= 0.6 is 0 Å². The van der Waals surface area contributed by atoms with Crippen molar-refractivity contribution in [2.75, 3.05) is 4.90 Å². The van der Waals surface area contributed by atoms with Crippen LogP contribution in [0, 0.1) is 13.8 Å². The van der Waals surface area contributed by atoms with Crippen molar-refractivity contribution >= 4 is 40.0 Å². The fourth-order valence-electron chi connectivity index (χ4n) is 5.96. The van der Waals surface area contributed by atoms with Crippen LogP contribution in [0.5, 0.6) is 0 Å². The summed E-state index contributed by atoms with van der Waals surface area (Å²) < 4.78 is 16.0. The number of para-hydroxylation sites is 1. The molecular formula is C32H26N6O2. The molecule has 0 unspecified atom stereocenters. The molecule has 0 atom stereocenters. The quantitative estimate of drug-likeness (QED) is 0.239. The van der Waals surface area contributed by atoms with Gasteiger partial charge in [0.25, 0.3) is 0 Å². The van der Waals surface area contributed by atoms with Crippen LogP contribution in [0.3, 0.4) is 0 Å². The van der Waals surface area contributed by atoms with E-state index in [0.29, 0.717) is 23.3 Å². The molecule has 40 heavy (non-hydrogen) atoms. The number of rotatable bonds is 4. The van der Waals surface area contributed by atoms with Gasteiger partial charge in [-0.2, -0.15) is 10.1 Å². The number of aromatic nitrogens is 5. The average Bonchev–Trinajstić information content (AvgIpc) is 3.72. The van der Waals surface area contributed by atoms with Gasteiger partial charge in [-0.1, -0.05) is 48.5 Å². The molecule has 4 heterocycles. The van der Waals surface area contributed by atoms with Crippen molar-refractivity contribution in [1.29, 1.82) is 0 Å². The van der Waals surface area contributed by atoms with Crippen molar-refractivity contribution in [3.05, 3.63) is 102 Å². The number of furan rings is 1. The van der Waals surface area contributed by atoms with Crippen LogP contribution in [0.2, 0.25) is 0 Å². The Hall–Kier alpha value is -5.11. The van der Waals surface area contributed by atoms with Gasteiger partial charge in [-0.05, 0) is 67.6 Å². The van der Waals surface area contributed by atoms with Crippen molar-refractivity contribution in [3.8, 4) is 16.8 Å². The summed E-state index contributed by atoms with van der Waals surface area (Å²) in [7, 11) is 2.04. The van der Waals surface area contributed by atoms with E-state index in [1.165, 1.54) is 22.3 Å². The van der Waals surface area contributed by atoms with Crippen LogP contribution < -0.4 is 4.90 Å². The van der Waals surface area contributed by atoms with Crippen molar-refractivity contribution in [1.82, 2.24) is 24.3 Å². The Kier molecular flexibility index (Phi) is 4.82. The number of benzene rings is 3. The third kappa shape index (κ3) is 3.29. The Morgan fingerprint density at radius 1 is 0.850 bits per heavy atom. The predicted molar refractivity (Wildman–Crippen MR) is 155 cm³/mol. The van der Waals surface area contributed by atoms with E-state index < -0.39 is 0 Å². The molecule has 1 aliphatic carbocycles. The minimum absolute atomic E-state index is 0.337. The lowest BCUT2D eigenvalue weighted by atomic mass is 9.85. The SMILES string of the molecule is Cc1cc(C)n(-c2coc3oc(N(c4ccccc4)c4nc5c6c(ccc5n4C)CCc4ccccc4-6)nc23)n1. The summed E-state index contributed by atoms with van der Waals surface area (Å²) in [4.78, 5) is 12.2. The van der Waals surface area contributed by atoms with Crippen LogP contribution in [0.25, 0.3) is 39.1 Å². The monoisotopic (exact) mass is 526 g/mol. The standard InChI is InChI=1S/C32H26N6O2/c1-19-17-20(2)38(35-19)26-18-39-30-29(26)34-32(40-30)37(23-10-5-4-6-11-23)31-33-28-25(36(31)3)16-15-22-14-13-21-9-7-8-12-24(21)27(22)28/h4-12,15-18H,13-14H2,1-3H3. The van der Waals surface area contributed by atoms with E-state index in [2.05, 4.69) is 46.1 Å². The summed E-state index contributed by atoms with van der Waals surface area (Å²) >= 11 is 0. The zero-order chi connectivity index (χ0) is 27.0. The number of imidazole rings is 1. The van der Waals surface area contributed by atoms with Gasteiger partial charge in [0.1, 0.15) is 12.0 Å². The Morgan fingerprint density at radius 3 is 2.48 bits per heavy atom. The average molecular weight is 527 g/mol. The van der Waals surface area contributed by atoms with Gasteiger partial charge in [0.2, 0.25) is 5.95 Å². The normalized spacial score (nSPS) is 12.7. The highest BCUT2D eigenvalue weighted by molar-refractivity contribution is 5.98. The number of hydrogen-bond acceptors (Lipinski definition) is 6. The number of oxazole rings is 1. The molecule has 196 valence electrons. The number of fused-ring (bicyclic) bond motifs is 6. The molecule has 0 spiro atoms. The zero-order valence-electron chi connectivity index (χ0n) is 22.4. The lowest BCUT2D eigenvalue weighted by Crippen LogP contribution is -2.14. The molecule has 0 aliphatic heterocycles. The first-order chi connectivity index (χ1) is 19.6. The maximum Gasteiger partial charge on any atom is 0.321 e. The molecule has 0 fully saturated rings. The van der Waals surface area contributed by atoms with E-state index >= 15 is 0 Å². The first-order valence-corrected chi connectivity index (χ1v) is 13.4. The highest BCUT2D eigenvalue weighted by Gasteiger charge is 2.28. The van der Waals surface area contributed by atoms with Crippen LogP contribution in [-0.2, 0) is 19.9 Å². The topological polar surface area (TPSA) is 78.0 Å². The van der Waals surface area contributed by atoms with Gasteiger partial charge in [-0.3, -0.25) is 0 Å². The van der Waals surface area contributed by atoms with Gasteiger partial charge < -0.3 is 13.4 Å². The van der Waals surface area contributed by atoms with Gasteiger partial charge in [0.05, 0.1) is 22.4 Å². The molecule has 0 saturated heterocycles. The molecule has 8 heteroatoms. The second-order valence-corrected chi connectivity index (χ2v) is 10.4. The molecule has 4 aromatic heterocycles. The van der Waals surface area contributed by atoms with Crippen molar-refractivity contribution < 1.29 is 8.83 Å². The molecule has 8 rings (SSSR count). The second-order valence-electron chi connectivity index (χ2n) is 10.4. The van der Waals surface area contributed by atoms with Crippen LogP contribution in [0.1, 0.15) is 22.5 Å². The zero-order valence-corrected chi connectivity index (χ0v) is 22.4. The molecule has 0 radical (unpaired) electrons. The summed E-state index contributed by atoms with van der Waals surface area (Å²) in [5.41, 5.74) is 11.3. The lowest BCUT2D eigenvalue weighted by molar-refractivity contribution is 0.476. The van der Waals surface area contributed by atoms with E-state index in [4.69, 9.17) is 18.8 Å². The summed E-state index contributed by atoms with van der Waals surface area (Å²) in [6.07, 6.45) is 3.68. The van der Waals surface area contributed by atoms with Gasteiger partial charge in [-0.15, -0.1) is 0 Å². The first kappa shape index (κ1) is 22.8. The number of nitrogens with zero attached hydrogens (tertiary/aromatic N) is 6. The maximum atomic E-state index is 6.26. The Labute approximate surface area is 230 Å². The second kappa shape index (κ2) is 8.44. The minimum Gasteiger partial charge on any atom is -0.430 e. The van der Waals surface area contributed by atoms with Gasteiger partial charge in [0, 0.05) is 18.3 Å². The van der Waals surface area contributed by atoms with Crippen molar-refractivity contribution in [3.63, 3.8) is 0 Å². The molecule has 0 saturated carbocycles. The minimum atomic E-state index is 0.337. The van der Waals surface area contributed by atoms with Gasteiger partial charge in [0.15, 0.2) is 5.52 Å². The molecule has 7 aromatic rings. The molecule has 3 aromatic carbocycles. The molecule has 0 N–H and O–H groups in total. The van der Waals surface area contributed by atoms with E-state index in [9.17, 15) is 0 Å². The highest BCUT2D eigenvalue weighted by atomic mass is 16.5. The number of hydrogen-bond donors (Lipinski definition) is 0. The van der Waals surface area contributed by atoms with Gasteiger partial charge >= 0.3 is 11.8 Å². The summed E-state index contributed by atoms with van der Waals surface area (Å²) in [6, 6.07) is 25.5. The Balaban J connectivity index is 1.35. The van der Waals surface area contributed by atoms with Gasteiger partial charge in [-0.25, -0.2) is 14.6 Å². The summed E-state index contributed by atoms with van der Waals surface area (Å²) in [5.74, 6) is 1.04. The van der Waals surface area contributed by atoms with E-state index in [0.717, 1.165) is 46.6 Å². The molecular weight excluding hydrogens is 500 g/mol. The van der Waals surface area contributed by atoms with Crippen LogP contribution in [0.4, 0.5) is 17.7 Å². The smallest absolute Gasteiger partial charge is 0.321 e. The fraction of sp³-hybridized carbons (Fsp3) is 0.156. The molecule has 0 amide bonds. The molecule has 1 aliphatic rings. The Morgan fingerprint density at radius 2 is 1.65 bits per heavy atom. The molecule has 0 bridgehead atoms. The summed E-state index contributed by atoms with van der Waals surface area (Å²) in [5, 5.41) is 4.62. The highest BCUT2D eigenvalue weighted by Crippen LogP contribution is 2.42. The number of anilines is 3. The molecule has 8 nitrogen and oxygen atoms in total. The van der Waals surface area contributed by atoms with Crippen LogP contribution in [0.15, 0.2) is 87.9 Å². The third-order valence-electron chi connectivity index (χ3n) is 7.81. The fourth-order valence-corrected chi connectivity index (χ4v) is 5.96. The van der Waals surface area contributed by atoms with Crippen molar-refractivity contribution in [2.24, 2.45) is 7.05 Å². The van der Waals surface area contributed by atoms with Crippen molar-refractivity contribution in [2.45, 2.75) is 26.7 Å². The van der Waals surface area contributed by atoms with E-state index in [1.54, 1.807) is 6.26 Å². The first-order valence-electron chi connectivity index (χ1n) is 13.4.